The normalized spacial score (nSPS) is 15.7. The van der Waals surface area contributed by atoms with Crippen molar-refractivity contribution in [3.05, 3.63) is 35.2 Å². The molecule has 0 unspecified atom stereocenters. The molecule has 0 saturated carbocycles. The Bertz CT molecular complexity index is 1280. The quantitative estimate of drug-likeness (QED) is 0.350. The molecule has 0 atom stereocenters. The molecule has 168 valence electrons. The maximum absolute atomic E-state index is 14.5. The first kappa shape index (κ1) is 21.3. The van der Waals surface area contributed by atoms with E-state index in [1.54, 1.807) is 45.4 Å². The average molecular weight is 473 g/mol. The summed E-state index contributed by atoms with van der Waals surface area (Å²) in [7, 11) is 1.80. The molecule has 0 radical (unpaired) electrons. The maximum atomic E-state index is 14.5. The molecule has 6 nitrogen and oxygen atoms in total. The number of ether oxygens (including phenoxy) is 1. The number of piperidine rings is 1. The number of benzene rings is 1. The summed E-state index contributed by atoms with van der Waals surface area (Å²) in [6.45, 7) is 7.02. The third kappa shape index (κ3) is 4.11. The molecule has 4 aromatic rings. The number of carbonyl (C=O) groups is 1. The molecule has 5 rings (SSSR count). The largest absolute Gasteiger partial charge is 0.444 e. The average Bonchev–Trinajstić information content (AvgIpc) is 3.39. The highest BCUT2D eigenvalue weighted by molar-refractivity contribution is 7.28. The fourth-order valence-electron chi connectivity index (χ4n) is 4.06. The number of likely N-dealkylation sites (tertiary alicyclic amines) is 1. The van der Waals surface area contributed by atoms with Gasteiger partial charge in [-0.3, -0.25) is 4.68 Å². The number of rotatable bonds is 2. The highest BCUT2D eigenvalue weighted by Crippen LogP contribution is 2.41. The fraction of sp³-hybridized carbons (Fsp3) is 0.435. The number of amides is 1. The van der Waals surface area contributed by atoms with Crippen LogP contribution in [0.1, 0.15) is 44.5 Å². The first-order chi connectivity index (χ1) is 15.2. The summed E-state index contributed by atoms with van der Waals surface area (Å²) in [5.41, 5.74) is 0.772. The number of aryl methyl sites for hydroxylation is 1. The van der Waals surface area contributed by atoms with Crippen LogP contribution in [0.2, 0.25) is 0 Å². The number of thiazole rings is 1. The number of nitrogens with zero attached hydrogens (tertiary/aromatic N) is 4. The Morgan fingerprint density at radius 1 is 1.19 bits per heavy atom. The molecule has 0 N–H and O–H groups in total. The van der Waals surface area contributed by atoms with Gasteiger partial charge in [0.15, 0.2) is 5.82 Å². The first-order valence-corrected chi connectivity index (χ1v) is 12.3. The molecule has 1 fully saturated rings. The van der Waals surface area contributed by atoms with Gasteiger partial charge in [0, 0.05) is 42.5 Å². The maximum Gasteiger partial charge on any atom is 0.410 e. The van der Waals surface area contributed by atoms with Crippen LogP contribution in [0.4, 0.5) is 9.18 Å². The molecule has 1 aliphatic rings. The Morgan fingerprint density at radius 2 is 1.94 bits per heavy atom. The topological polar surface area (TPSA) is 60.2 Å². The van der Waals surface area contributed by atoms with E-state index in [1.165, 1.54) is 0 Å². The van der Waals surface area contributed by atoms with E-state index in [4.69, 9.17) is 9.72 Å². The van der Waals surface area contributed by atoms with Crippen molar-refractivity contribution in [1.29, 1.82) is 0 Å². The van der Waals surface area contributed by atoms with Gasteiger partial charge in [-0.15, -0.1) is 22.7 Å². The summed E-state index contributed by atoms with van der Waals surface area (Å²) in [5, 5.41) is 6.10. The zero-order valence-corrected chi connectivity index (χ0v) is 20.1. The number of fused-ring (bicyclic) bond motifs is 2. The Balaban J connectivity index is 1.31. The monoisotopic (exact) mass is 472 g/mol. The third-order valence-corrected chi connectivity index (χ3v) is 7.93. The first-order valence-electron chi connectivity index (χ1n) is 10.7. The summed E-state index contributed by atoms with van der Waals surface area (Å²) >= 11 is 3.30. The number of aromatic nitrogens is 3. The minimum Gasteiger partial charge on any atom is -0.444 e. The molecule has 32 heavy (non-hydrogen) atoms. The van der Waals surface area contributed by atoms with Gasteiger partial charge in [-0.25, -0.2) is 14.2 Å². The van der Waals surface area contributed by atoms with Gasteiger partial charge < -0.3 is 9.64 Å². The Labute approximate surface area is 193 Å². The minimum absolute atomic E-state index is 0.237. The number of thiophene rings is 1. The molecule has 9 heteroatoms. The van der Waals surface area contributed by atoms with Crippen molar-refractivity contribution >= 4 is 49.2 Å². The Hall–Kier alpha value is -2.52. The van der Waals surface area contributed by atoms with Crippen molar-refractivity contribution < 1.29 is 13.9 Å². The van der Waals surface area contributed by atoms with Gasteiger partial charge in [0.05, 0.1) is 9.71 Å². The zero-order valence-electron chi connectivity index (χ0n) is 18.5. The van der Waals surface area contributed by atoms with E-state index < -0.39 is 5.60 Å². The van der Waals surface area contributed by atoms with Gasteiger partial charge in [-0.1, -0.05) is 0 Å². The summed E-state index contributed by atoms with van der Waals surface area (Å²) in [6.07, 6.45) is 3.36. The lowest BCUT2D eigenvalue weighted by Crippen LogP contribution is -2.41. The number of carbonyl (C=O) groups excluding carboxylic acids is 1. The molecular formula is C23H25FN4O2S2. The van der Waals surface area contributed by atoms with Crippen LogP contribution in [0.15, 0.2) is 24.4 Å². The van der Waals surface area contributed by atoms with Gasteiger partial charge in [0.1, 0.15) is 15.9 Å². The summed E-state index contributed by atoms with van der Waals surface area (Å²) in [6, 6.07) is 5.64. The van der Waals surface area contributed by atoms with Crippen LogP contribution in [0, 0.1) is 5.82 Å². The molecule has 1 aliphatic heterocycles. The SMILES string of the molecule is Cn1cc2cc(-c3cc4sc(C5CCN(C(=O)OC(C)(C)C)CC5)nc4s3)cc(F)c2n1. The van der Waals surface area contributed by atoms with Gasteiger partial charge in [0.2, 0.25) is 0 Å². The molecule has 1 saturated heterocycles. The standard InChI is InChI=1S/C23H25FN4O2S2/c1-23(2,3)30-22(29)28-7-5-13(6-8-28)20-25-21-18(32-20)11-17(31-21)14-9-15-12-27(4)26-19(15)16(24)10-14/h9-13H,5-8H2,1-4H3. The van der Waals surface area contributed by atoms with E-state index in [0.717, 1.165) is 43.2 Å². The van der Waals surface area contributed by atoms with Gasteiger partial charge in [0.25, 0.3) is 0 Å². The van der Waals surface area contributed by atoms with Crippen molar-refractivity contribution in [2.45, 2.75) is 45.1 Å². The van der Waals surface area contributed by atoms with Gasteiger partial charge >= 0.3 is 6.09 Å². The second-order valence-electron chi connectivity index (χ2n) is 9.27. The molecule has 0 aliphatic carbocycles. The number of hydrogen-bond acceptors (Lipinski definition) is 6. The smallest absolute Gasteiger partial charge is 0.410 e. The summed E-state index contributed by atoms with van der Waals surface area (Å²) < 4.78 is 22.7. The molecule has 0 bridgehead atoms. The van der Waals surface area contributed by atoms with E-state index in [9.17, 15) is 9.18 Å². The predicted molar refractivity (Wildman–Crippen MR) is 127 cm³/mol. The molecule has 0 spiro atoms. The van der Waals surface area contributed by atoms with Crippen LogP contribution in [-0.2, 0) is 11.8 Å². The van der Waals surface area contributed by atoms with Crippen molar-refractivity contribution in [2.75, 3.05) is 13.1 Å². The van der Waals surface area contributed by atoms with Crippen molar-refractivity contribution in [2.24, 2.45) is 7.05 Å². The van der Waals surface area contributed by atoms with Crippen LogP contribution in [0.3, 0.4) is 0 Å². The van der Waals surface area contributed by atoms with E-state index in [0.29, 0.717) is 24.5 Å². The van der Waals surface area contributed by atoms with Crippen molar-refractivity contribution in [3.63, 3.8) is 0 Å². The van der Waals surface area contributed by atoms with E-state index in [2.05, 4.69) is 11.2 Å². The summed E-state index contributed by atoms with van der Waals surface area (Å²) in [5.74, 6) is 0.0474. The van der Waals surface area contributed by atoms with Crippen LogP contribution < -0.4 is 0 Å². The lowest BCUT2D eigenvalue weighted by Gasteiger charge is -2.32. The van der Waals surface area contributed by atoms with E-state index in [1.807, 2.05) is 33.0 Å². The number of hydrogen-bond donors (Lipinski definition) is 0. The van der Waals surface area contributed by atoms with E-state index in [-0.39, 0.29) is 11.9 Å². The van der Waals surface area contributed by atoms with Crippen molar-refractivity contribution in [3.8, 4) is 10.4 Å². The minimum atomic E-state index is -0.476. The predicted octanol–water partition coefficient (Wildman–Crippen LogP) is 6.17. The Morgan fingerprint density at radius 3 is 2.62 bits per heavy atom. The lowest BCUT2D eigenvalue weighted by atomic mass is 9.98. The fourth-order valence-corrected chi connectivity index (χ4v) is 6.44. The van der Waals surface area contributed by atoms with Gasteiger partial charge in [-0.2, -0.15) is 5.10 Å². The number of halogens is 1. The van der Waals surface area contributed by atoms with Crippen molar-refractivity contribution in [1.82, 2.24) is 19.7 Å². The molecule has 3 aromatic heterocycles. The highest BCUT2D eigenvalue weighted by Gasteiger charge is 2.29. The highest BCUT2D eigenvalue weighted by atomic mass is 32.1. The molecule has 1 aromatic carbocycles. The molecular weight excluding hydrogens is 447 g/mol. The Kier molecular flexibility index (Phi) is 5.21. The second-order valence-corrected chi connectivity index (χ2v) is 11.4. The van der Waals surface area contributed by atoms with Gasteiger partial charge in [-0.05, 0) is 57.4 Å². The van der Waals surface area contributed by atoms with Crippen LogP contribution in [0.25, 0.3) is 30.9 Å². The lowest BCUT2D eigenvalue weighted by molar-refractivity contribution is 0.0205. The van der Waals surface area contributed by atoms with Crippen LogP contribution in [-0.4, -0.2) is 44.4 Å². The third-order valence-electron chi connectivity index (χ3n) is 5.56. The molecule has 4 heterocycles. The second kappa shape index (κ2) is 7.81. The van der Waals surface area contributed by atoms with E-state index >= 15 is 0 Å². The summed E-state index contributed by atoms with van der Waals surface area (Å²) in [4.78, 5) is 21.0. The molecule has 1 amide bonds. The zero-order chi connectivity index (χ0) is 22.6. The van der Waals surface area contributed by atoms with Crippen LogP contribution >= 0.6 is 22.7 Å². The van der Waals surface area contributed by atoms with Crippen LogP contribution in [0.5, 0.6) is 0 Å².